The third kappa shape index (κ3) is 16.2. The number of ketones is 1. The number of carbonyl (C=O) groups excluding carboxylic acids is 1. The van der Waals surface area contributed by atoms with Crippen LogP contribution in [0.3, 0.4) is 0 Å². The van der Waals surface area contributed by atoms with Gasteiger partial charge in [-0.1, -0.05) is 6.58 Å². The van der Waals surface area contributed by atoms with Crippen LogP contribution in [0.1, 0.15) is 44.0 Å². The lowest BCUT2D eigenvalue weighted by Gasteiger charge is -2.23. The maximum atomic E-state index is 12.3. The number of H-pyrrole nitrogens is 3. The molecule has 6 aliphatic rings. The maximum absolute atomic E-state index is 12.3. The number of hydrogen-bond acceptors (Lipinski definition) is 28. The van der Waals surface area contributed by atoms with Gasteiger partial charge in [0.15, 0.2) is 18.7 Å². The Balaban J connectivity index is 0.000000170. The predicted octanol–water partition coefficient (Wildman–Crippen LogP) is -6.18. The van der Waals surface area contributed by atoms with E-state index in [1.165, 1.54) is 94.7 Å². The van der Waals surface area contributed by atoms with Crippen molar-refractivity contribution in [1.82, 2.24) is 46.9 Å². The van der Waals surface area contributed by atoms with Crippen LogP contribution in [0.4, 0.5) is 0 Å². The molecule has 1 saturated carbocycles. The van der Waals surface area contributed by atoms with E-state index in [-0.39, 0.29) is 59.9 Å². The monoisotopic (exact) mass is 1360 g/mol. The number of ether oxygens (including phenoxy) is 13. The van der Waals surface area contributed by atoms with Crippen LogP contribution >= 0.6 is 0 Å². The van der Waals surface area contributed by atoms with Crippen molar-refractivity contribution in [3.8, 4) is 0 Å². The summed E-state index contributed by atoms with van der Waals surface area (Å²) in [5, 5.41) is 38.2. The number of Topliss-reactive ketones (excluding diaryl/α,β-unsaturated/α-hetero) is 1. The molecule has 17 atom stereocenters. The summed E-state index contributed by atoms with van der Waals surface area (Å²) in [6.07, 6.45) is -3.97. The lowest BCUT2D eigenvalue weighted by atomic mass is 9.96. The zero-order chi connectivity index (χ0) is 70.6. The molecule has 0 radical (unpaired) electrons. The normalized spacial score (nSPS) is 29.2. The maximum Gasteiger partial charge on any atom is 0.333 e. The van der Waals surface area contributed by atoms with Crippen LogP contribution in [0, 0.1) is 5.41 Å². The lowest BCUT2D eigenvalue weighted by molar-refractivity contribution is -0.131. The molecule has 5 aromatic rings. The molecule has 0 amide bonds. The Morgan fingerprint density at radius 3 is 1.35 bits per heavy atom. The van der Waals surface area contributed by atoms with Gasteiger partial charge in [-0.25, -0.2) is 24.0 Å². The van der Waals surface area contributed by atoms with E-state index in [2.05, 4.69) is 16.5 Å². The molecule has 0 unspecified atom stereocenters. The van der Waals surface area contributed by atoms with Crippen molar-refractivity contribution in [3.05, 3.63) is 178 Å². The molecule has 5 aliphatic heterocycles. The minimum Gasteiger partial charge on any atom is -0.394 e. The van der Waals surface area contributed by atoms with Crippen LogP contribution in [-0.4, -0.2) is 236 Å². The second-order valence-electron chi connectivity index (χ2n) is 22.4. The SMILES string of the molecule is C=C1[C@H](n2ccc(=O)n(C)c2=O)O[C@H](COC)[C@H]1OC.COC[C@H]1O[C@@H](n2ccc(=O)[nH]c2=O)C(=O)[C@@H]1OC.COC[C@H]1O[C@@H](n2ccc(=O)[nH]c2=O)[C@H](O)[C@@H]1OC.COC[C@H]1O[C@@H](n2ccc(=O)n(C)c2=O)C2(CC2)[C@@H]1OC.O=c1ccn([C@@H]2O[C@H](CO)[C@@H](O)[C@H]2O)c(=O)[nH]1. The summed E-state index contributed by atoms with van der Waals surface area (Å²) in [4.78, 5) is 133. The topological polar surface area (TPSA) is 471 Å². The first kappa shape index (κ1) is 75.5. The number of aromatic amines is 3. The largest absolute Gasteiger partial charge is 0.394 e. The van der Waals surface area contributed by atoms with Crippen LogP contribution in [0.5, 0.6) is 0 Å². The van der Waals surface area contributed by atoms with Crippen LogP contribution in [0.25, 0.3) is 0 Å². The number of nitrogens with one attached hydrogen (secondary N) is 3. The van der Waals surface area contributed by atoms with Gasteiger partial charge in [0.2, 0.25) is 12.0 Å². The number of methoxy groups -OCH3 is 8. The van der Waals surface area contributed by atoms with E-state index < -0.39 is 132 Å². The highest BCUT2D eigenvalue weighted by molar-refractivity contribution is 5.88. The van der Waals surface area contributed by atoms with Crippen LogP contribution in [0.2, 0.25) is 0 Å². The zero-order valence-electron chi connectivity index (χ0n) is 54.0. The second kappa shape index (κ2) is 33.4. The van der Waals surface area contributed by atoms with Crippen LogP contribution < -0.4 is 56.2 Å². The number of aliphatic hydroxyl groups is 4. The molecule has 5 saturated heterocycles. The number of aliphatic hydroxyl groups excluding tert-OH is 4. The Morgan fingerprint density at radius 2 is 0.906 bits per heavy atom. The molecule has 10 heterocycles. The first-order chi connectivity index (χ1) is 45.8. The molecule has 6 fully saturated rings. The average Bonchev–Trinajstić information content (AvgIpc) is 1.55. The number of nitrogens with zero attached hydrogens (tertiary/aromatic N) is 7. The Bertz CT molecular complexity index is 4090. The summed E-state index contributed by atoms with van der Waals surface area (Å²) in [7, 11) is 15.1. The molecule has 530 valence electrons. The molecule has 96 heavy (non-hydrogen) atoms. The van der Waals surface area contributed by atoms with E-state index in [1.54, 1.807) is 28.4 Å². The fourth-order valence-electron chi connectivity index (χ4n) is 11.6. The van der Waals surface area contributed by atoms with E-state index in [9.17, 15) is 68.1 Å². The van der Waals surface area contributed by atoms with Crippen LogP contribution in [0.15, 0.2) is 121 Å². The van der Waals surface area contributed by atoms with Crippen molar-refractivity contribution >= 4 is 5.78 Å². The van der Waals surface area contributed by atoms with E-state index in [0.29, 0.717) is 18.8 Å². The summed E-state index contributed by atoms with van der Waals surface area (Å²) in [5.74, 6) is -0.390. The standard InChI is InChI=1S/C14H20N2O5.C13H18N2O5.C11H16N2O6.C11H14N2O6.C9H12N2O6/c1-15-10(17)4-7-16(13(15)18)12-14(5-6-14)11(20-3)9(21-12)8-19-2;1-8-11(19-4)9(7-18-3)20-12(8)15-6-5-10(16)14(2)13(15)17;2*1-17-5-6-9(18-2)8(15)10(19-6)13-4-3-7(14)12-11(13)16;12-3-4-6(14)7(15)8(17-4)11-2-1-5(13)10-9(11)16/h4,7,9,11-12H,5-6,8H2,1-3H3;5-6,9,11-12H,1,7H2,2-4H3;3-4,6,8-10,15H,5H2,1-2H3,(H,12,14,16);3-4,6,9-10H,5H2,1-2H3,(H,12,14,16);1-2,4,6-8,12,14-15H,3H2,(H,10,13,16)/t9-,11-,12-;9-,11+,12-;6-,8-,9-,10-;6-,9-,10-;4-,6-,7-,8-/m11111/s1. The van der Waals surface area contributed by atoms with Gasteiger partial charge >= 0.3 is 28.4 Å². The molecule has 38 heteroatoms. The van der Waals surface area contributed by atoms with Crippen LogP contribution in [-0.2, 0) is 80.5 Å². The molecule has 0 bridgehead atoms. The highest BCUT2D eigenvalue weighted by Gasteiger charge is 2.65. The molecule has 5 aromatic heterocycles. The smallest absolute Gasteiger partial charge is 0.333 e. The molecule has 0 aromatic carbocycles. The molecule has 1 aliphatic carbocycles. The second-order valence-corrected chi connectivity index (χ2v) is 22.4. The van der Waals surface area contributed by atoms with E-state index in [4.69, 9.17) is 66.7 Å². The Kier molecular flexibility index (Phi) is 26.3. The van der Waals surface area contributed by atoms with Gasteiger partial charge in [0.1, 0.15) is 73.4 Å². The molecule has 7 N–H and O–H groups in total. The van der Waals surface area contributed by atoms with E-state index in [0.717, 1.165) is 54.0 Å². The van der Waals surface area contributed by atoms with Crippen molar-refractivity contribution in [1.29, 1.82) is 0 Å². The van der Waals surface area contributed by atoms with E-state index >= 15 is 0 Å². The zero-order valence-corrected chi connectivity index (χ0v) is 54.0. The quantitative estimate of drug-likeness (QED) is 0.0401. The Labute approximate surface area is 542 Å². The van der Waals surface area contributed by atoms with Gasteiger partial charge in [-0.3, -0.25) is 75.7 Å². The molecule has 11 rings (SSSR count). The van der Waals surface area contributed by atoms with Gasteiger partial charge in [-0.2, -0.15) is 0 Å². The van der Waals surface area contributed by atoms with Crippen molar-refractivity contribution in [3.63, 3.8) is 0 Å². The molecule has 38 nitrogen and oxygen atoms in total. The van der Waals surface area contributed by atoms with Gasteiger partial charge in [-0.05, 0) is 12.8 Å². The average molecular weight is 1370 g/mol. The van der Waals surface area contributed by atoms with Crippen molar-refractivity contribution in [2.45, 2.75) is 117 Å². The molecular formula is C58H80N10O28. The highest BCUT2D eigenvalue weighted by atomic mass is 16.6. The minimum atomic E-state index is -1.35. The van der Waals surface area contributed by atoms with Crippen molar-refractivity contribution < 1.29 is 86.8 Å². The van der Waals surface area contributed by atoms with Crippen molar-refractivity contribution in [2.75, 3.05) is 89.9 Å². The summed E-state index contributed by atoms with van der Waals surface area (Å²) in [5.41, 5.74) is -4.83. The fraction of sp³-hybridized carbons (Fsp3) is 0.603. The summed E-state index contributed by atoms with van der Waals surface area (Å²) in [6.45, 7) is 4.59. The minimum absolute atomic E-state index is 0.105. The van der Waals surface area contributed by atoms with E-state index in [1.807, 2.05) is 4.98 Å². The predicted molar refractivity (Wildman–Crippen MR) is 327 cm³/mol. The number of carbonyl (C=O) groups is 1. The lowest BCUT2D eigenvalue weighted by Crippen LogP contribution is -2.41. The summed E-state index contributed by atoms with van der Waals surface area (Å²) >= 11 is 0. The first-order valence-electron chi connectivity index (χ1n) is 29.5. The van der Waals surface area contributed by atoms with Crippen molar-refractivity contribution in [2.24, 2.45) is 19.5 Å². The first-order valence-corrected chi connectivity index (χ1v) is 29.5. The highest BCUT2D eigenvalue weighted by Crippen LogP contribution is 2.63. The molecular weight excluding hydrogens is 1280 g/mol. The number of hydrogen-bond donors (Lipinski definition) is 7. The Morgan fingerprint density at radius 1 is 0.479 bits per heavy atom. The summed E-state index contributed by atoms with van der Waals surface area (Å²) in [6, 6.07) is 6.11. The number of rotatable bonds is 18. The van der Waals surface area contributed by atoms with Gasteiger partial charge in [0, 0.05) is 143 Å². The van der Waals surface area contributed by atoms with Gasteiger partial charge in [0.05, 0.1) is 39.1 Å². The summed E-state index contributed by atoms with van der Waals surface area (Å²) < 4.78 is 77.4. The van der Waals surface area contributed by atoms with Gasteiger partial charge < -0.3 is 82.0 Å². The van der Waals surface area contributed by atoms with Gasteiger partial charge in [-0.15, -0.1) is 0 Å². The third-order valence-corrected chi connectivity index (χ3v) is 16.5. The Hall–Kier alpha value is -7.87. The molecule has 1 spiro atoms. The fourth-order valence-corrected chi connectivity index (χ4v) is 11.6. The van der Waals surface area contributed by atoms with Gasteiger partial charge in [0.25, 0.3) is 27.8 Å². The third-order valence-electron chi connectivity index (χ3n) is 16.5. The number of aromatic nitrogens is 10.